The smallest absolute Gasteiger partial charge is 0.244 e. The van der Waals surface area contributed by atoms with Gasteiger partial charge in [-0.2, -0.15) is 4.99 Å². The zero-order valence-electron chi connectivity index (χ0n) is 17.1. The van der Waals surface area contributed by atoms with Gasteiger partial charge in [0.25, 0.3) is 0 Å². The molecule has 2 unspecified atom stereocenters. The van der Waals surface area contributed by atoms with Crippen LogP contribution < -0.4 is 10.6 Å². The van der Waals surface area contributed by atoms with E-state index in [0.717, 1.165) is 41.2 Å². The lowest BCUT2D eigenvalue weighted by Gasteiger charge is -2.33. The quantitative estimate of drug-likeness (QED) is 0.762. The normalized spacial score (nSPS) is 26.7. The summed E-state index contributed by atoms with van der Waals surface area (Å²) in [6.45, 7) is 6.60. The molecule has 3 aliphatic heterocycles. The maximum atomic E-state index is 13.3. The molecule has 1 amide bonds. The Bertz CT molecular complexity index is 1000. The second kappa shape index (κ2) is 8.41. The van der Waals surface area contributed by atoms with Gasteiger partial charge in [0.1, 0.15) is 16.8 Å². The maximum Gasteiger partial charge on any atom is 0.244 e. The Morgan fingerprint density at radius 3 is 2.93 bits per heavy atom. The van der Waals surface area contributed by atoms with Gasteiger partial charge in [0.2, 0.25) is 11.9 Å². The van der Waals surface area contributed by atoms with E-state index in [2.05, 4.69) is 28.5 Å². The molecule has 2 N–H and O–H groups in total. The highest BCUT2D eigenvalue weighted by atomic mass is 32.1. The van der Waals surface area contributed by atoms with Crippen LogP contribution in [0, 0.1) is 6.92 Å². The molecule has 2 saturated heterocycles. The van der Waals surface area contributed by atoms with Crippen LogP contribution in [0.2, 0.25) is 0 Å². The van der Waals surface area contributed by atoms with Crippen molar-refractivity contribution in [2.75, 3.05) is 39.4 Å². The molecular weight excluding hydrogens is 400 g/mol. The van der Waals surface area contributed by atoms with Crippen LogP contribution in [0.1, 0.15) is 29.3 Å². The first kappa shape index (κ1) is 19.6. The maximum absolute atomic E-state index is 13.3. The number of aliphatic imine (C=N–C) groups is 2. The number of amidine groups is 1. The standard InChI is InChI=1S/C21H26N6O2S/c1-13-4-2-6-15-17(13)30-20(24-15)16-18(23-14-5-3-7-22-12-14)25-21(26-19(16)28)27-8-10-29-11-9-27/h2,4,6,14,16,22H,3,5,7-12H2,1H3,(H,23,25,26,28). The molecule has 3 aliphatic rings. The molecule has 30 heavy (non-hydrogen) atoms. The van der Waals surface area contributed by atoms with Gasteiger partial charge in [0, 0.05) is 19.6 Å². The van der Waals surface area contributed by atoms with Gasteiger partial charge >= 0.3 is 0 Å². The second-order valence-corrected chi connectivity index (χ2v) is 8.95. The van der Waals surface area contributed by atoms with Crippen molar-refractivity contribution in [3.8, 4) is 0 Å². The minimum atomic E-state index is -0.575. The van der Waals surface area contributed by atoms with E-state index in [-0.39, 0.29) is 11.9 Å². The minimum Gasteiger partial charge on any atom is -0.378 e. The first-order valence-electron chi connectivity index (χ1n) is 10.6. The Hall–Kier alpha value is -2.36. The van der Waals surface area contributed by atoms with Crippen LogP contribution in [0.15, 0.2) is 28.2 Å². The van der Waals surface area contributed by atoms with Crippen molar-refractivity contribution in [1.29, 1.82) is 0 Å². The lowest BCUT2D eigenvalue weighted by molar-refractivity contribution is -0.120. The molecule has 9 heteroatoms. The summed E-state index contributed by atoms with van der Waals surface area (Å²) in [5.74, 6) is 0.476. The SMILES string of the molecule is Cc1cccc2nc(C3C(=O)NC(N4CCOCC4)=NC3=NC3CCCNC3)sc12. The molecule has 1 aromatic heterocycles. The molecule has 2 aromatic rings. The van der Waals surface area contributed by atoms with E-state index < -0.39 is 5.92 Å². The fourth-order valence-electron chi connectivity index (χ4n) is 4.11. The van der Waals surface area contributed by atoms with Gasteiger partial charge in [-0.15, -0.1) is 11.3 Å². The number of carbonyl (C=O) groups excluding carboxylic acids is 1. The number of amides is 1. The number of carbonyl (C=O) groups is 1. The highest BCUT2D eigenvalue weighted by molar-refractivity contribution is 7.19. The number of rotatable bonds is 2. The van der Waals surface area contributed by atoms with Gasteiger partial charge in [0.05, 0.1) is 29.5 Å². The van der Waals surface area contributed by atoms with Gasteiger partial charge in [0.15, 0.2) is 0 Å². The fourth-order valence-corrected chi connectivity index (χ4v) is 5.24. The summed E-state index contributed by atoms with van der Waals surface area (Å²) in [6.07, 6.45) is 2.09. The van der Waals surface area contributed by atoms with E-state index in [1.807, 2.05) is 12.1 Å². The highest BCUT2D eigenvalue weighted by Crippen LogP contribution is 2.32. The zero-order chi connectivity index (χ0) is 20.5. The zero-order valence-corrected chi connectivity index (χ0v) is 17.9. The number of fused-ring (bicyclic) bond motifs is 1. The Labute approximate surface area is 179 Å². The van der Waals surface area contributed by atoms with Crippen LogP contribution in [-0.2, 0) is 9.53 Å². The number of benzene rings is 1. The van der Waals surface area contributed by atoms with Crippen molar-refractivity contribution < 1.29 is 9.53 Å². The number of aromatic nitrogens is 1. The van der Waals surface area contributed by atoms with E-state index in [1.165, 1.54) is 5.56 Å². The summed E-state index contributed by atoms with van der Waals surface area (Å²) in [4.78, 5) is 29.9. The molecule has 2 atom stereocenters. The molecule has 2 fully saturated rings. The van der Waals surface area contributed by atoms with Crippen molar-refractivity contribution in [3.05, 3.63) is 28.8 Å². The number of piperidine rings is 1. The summed E-state index contributed by atoms with van der Waals surface area (Å²) >= 11 is 1.57. The number of hydrogen-bond donors (Lipinski definition) is 2. The highest BCUT2D eigenvalue weighted by Gasteiger charge is 2.36. The summed E-state index contributed by atoms with van der Waals surface area (Å²) in [7, 11) is 0. The molecule has 0 radical (unpaired) electrons. The number of nitrogens with zero attached hydrogens (tertiary/aromatic N) is 4. The van der Waals surface area contributed by atoms with Crippen LogP contribution in [0.3, 0.4) is 0 Å². The van der Waals surface area contributed by atoms with E-state index in [9.17, 15) is 4.79 Å². The molecule has 4 heterocycles. The minimum absolute atomic E-state index is 0.106. The molecule has 158 valence electrons. The van der Waals surface area contributed by atoms with Crippen LogP contribution in [0.5, 0.6) is 0 Å². The Morgan fingerprint density at radius 2 is 2.17 bits per heavy atom. The second-order valence-electron chi connectivity index (χ2n) is 7.92. The fraction of sp³-hybridized carbons (Fsp3) is 0.524. The average Bonchev–Trinajstić information content (AvgIpc) is 3.20. The van der Waals surface area contributed by atoms with Crippen LogP contribution in [0.4, 0.5) is 0 Å². The van der Waals surface area contributed by atoms with Crippen LogP contribution in [0.25, 0.3) is 10.2 Å². The van der Waals surface area contributed by atoms with E-state index in [1.54, 1.807) is 11.3 Å². The Balaban J connectivity index is 1.54. The van der Waals surface area contributed by atoms with E-state index in [4.69, 9.17) is 19.7 Å². The molecule has 0 bridgehead atoms. The van der Waals surface area contributed by atoms with Crippen molar-refractivity contribution in [1.82, 2.24) is 20.5 Å². The third kappa shape index (κ3) is 3.84. The van der Waals surface area contributed by atoms with E-state index >= 15 is 0 Å². The first-order chi connectivity index (χ1) is 14.7. The monoisotopic (exact) mass is 426 g/mol. The molecule has 0 aliphatic carbocycles. The molecule has 0 saturated carbocycles. The van der Waals surface area contributed by atoms with Crippen LogP contribution in [-0.4, -0.2) is 73.0 Å². The molecule has 1 aromatic carbocycles. The van der Waals surface area contributed by atoms with E-state index in [0.29, 0.717) is 38.1 Å². The van der Waals surface area contributed by atoms with Crippen molar-refractivity contribution >= 4 is 39.3 Å². The summed E-state index contributed by atoms with van der Waals surface area (Å²) in [5, 5.41) is 7.16. The van der Waals surface area contributed by atoms with Gasteiger partial charge in [-0.05, 0) is 37.9 Å². The van der Waals surface area contributed by atoms with Crippen molar-refractivity contribution in [2.24, 2.45) is 9.98 Å². The number of hydrogen-bond acceptors (Lipinski definition) is 7. The topological polar surface area (TPSA) is 91.2 Å². The molecule has 5 rings (SSSR count). The summed E-state index contributed by atoms with van der Waals surface area (Å²) in [6, 6.07) is 6.20. The Morgan fingerprint density at radius 1 is 1.30 bits per heavy atom. The van der Waals surface area contributed by atoms with Crippen LogP contribution >= 0.6 is 11.3 Å². The lowest BCUT2D eigenvalue weighted by Crippen LogP contribution is -2.53. The average molecular weight is 427 g/mol. The largest absolute Gasteiger partial charge is 0.378 e. The lowest BCUT2D eigenvalue weighted by atomic mass is 10.0. The number of thiazole rings is 1. The van der Waals surface area contributed by atoms with Gasteiger partial charge in [-0.1, -0.05) is 12.1 Å². The Kier molecular flexibility index (Phi) is 5.49. The summed E-state index contributed by atoms with van der Waals surface area (Å²) < 4.78 is 6.56. The number of ether oxygens (including phenoxy) is 1. The number of guanidine groups is 1. The van der Waals surface area contributed by atoms with Gasteiger partial charge in [-0.3, -0.25) is 15.1 Å². The summed E-state index contributed by atoms with van der Waals surface area (Å²) in [5.41, 5.74) is 2.09. The molecule has 0 spiro atoms. The number of aryl methyl sites for hydroxylation is 1. The van der Waals surface area contributed by atoms with Crippen molar-refractivity contribution in [3.63, 3.8) is 0 Å². The first-order valence-corrected chi connectivity index (χ1v) is 11.4. The van der Waals surface area contributed by atoms with Crippen molar-refractivity contribution in [2.45, 2.75) is 31.7 Å². The van der Waals surface area contributed by atoms with Gasteiger partial charge < -0.3 is 15.0 Å². The predicted molar refractivity (Wildman–Crippen MR) is 118 cm³/mol. The third-order valence-electron chi connectivity index (χ3n) is 5.75. The predicted octanol–water partition coefficient (Wildman–Crippen LogP) is 1.66. The molecule has 8 nitrogen and oxygen atoms in total. The third-order valence-corrected chi connectivity index (χ3v) is 7.02. The number of morpholine rings is 1. The van der Waals surface area contributed by atoms with Gasteiger partial charge in [-0.25, -0.2) is 4.98 Å². The molecular formula is C21H26N6O2S. The number of nitrogens with one attached hydrogen (secondary N) is 2.